The third-order valence-electron chi connectivity index (χ3n) is 3.45. The van der Waals surface area contributed by atoms with Gasteiger partial charge in [0.05, 0.1) is 6.61 Å². The minimum atomic E-state index is -0.172. The Kier molecular flexibility index (Phi) is 5.71. The first kappa shape index (κ1) is 15.2. The van der Waals surface area contributed by atoms with E-state index in [1.807, 2.05) is 12.1 Å². The van der Waals surface area contributed by atoms with Crippen LogP contribution in [0.15, 0.2) is 28.7 Å². The molecule has 0 spiro atoms. The minimum absolute atomic E-state index is 0.172. The largest absolute Gasteiger partial charge is 0.449 e. The van der Waals surface area contributed by atoms with Gasteiger partial charge in [-0.25, -0.2) is 4.79 Å². The second-order valence-electron chi connectivity index (χ2n) is 4.92. The van der Waals surface area contributed by atoms with Crippen molar-refractivity contribution in [2.24, 2.45) is 0 Å². The summed E-state index contributed by atoms with van der Waals surface area (Å²) >= 11 is 3.44. The van der Waals surface area contributed by atoms with Gasteiger partial charge in [0.2, 0.25) is 0 Å². The Morgan fingerprint density at radius 1 is 1.20 bits per heavy atom. The number of ether oxygens (including phenoxy) is 1. The standard InChI is InChI=1S/C15H21BrN2O2/c1-2-3-12-20-15(19)18-10-8-17(9-11-18)14-6-4-13(16)5-7-14/h4-7H,2-3,8-12H2,1H3. The van der Waals surface area contributed by atoms with Crippen molar-refractivity contribution in [3.63, 3.8) is 0 Å². The summed E-state index contributed by atoms with van der Waals surface area (Å²) in [6.07, 6.45) is 1.81. The van der Waals surface area contributed by atoms with E-state index >= 15 is 0 Å². The third kappa shape index (κ3) is 4.13. The van der Waals surface area contributed by atoms with Gasteiger partial charge in [-0.05, 0) is 30.7 Å². The Balaban J connectivity index is 1.80. The lowest BCUT2D eigenvalue weighted by molar-refractivity contribution is 0.0989. The minimum Gasteiger partial charge on any atom is -0.449 e. The van der Waals surface area contributed by atoms with Crippen LogP contribution in [0.5, 0.6) is 0 Å². The summed E-state index contributed by atoms with van der Waals surface area (Å²) in [5.41, 5.74) is 1.20. The average molecular weight is 341 g/mol. The van der Waals surface area contributed by atoms with E-state index in [4.69, 9.17) is 4.74 Å². The first-order chi connectivity index (χ1) is 9.70. The molecule has 0 bridgehead atoms. The highest BCUT2D eigenvalue weighted by Crippen LogP contribution is 2.19. The van der Waals surface area contributed by atoms with E-state index in [1.165, 1.54) is 5.69 Å². The van der Waals surface area contributed by atoms with Crippen molar-refractivity contribution < 1.29 is 9.53 Å². The molecule has 0 aromatic heterocycles. The molecule has 20 heavy (non-hydrogen) atoms. The van der Waals surface area contributed by atoms with Gasteiger partial charge in [0.1, 0.15) is 0 Å². The van der Waals surface area contributed by atoms with Crippen LogP contribution in [0.2, 0.25) is 0 Å². The Labute approximate surface area is 128 Å². The van der Waals surface area contributed by atoms with E-state index in [0.717, 1.165) is 43.5 Å². The van der Waals surface area contributed by atoms with Gasteiger partial charge in [-0.3, -0.25) is 0 Å². The molecular formula is C15H21BrN2O2. The molecule has 1 fully saturated rings. The van der Waals surface area contributed by atoms with Crippen LogP contribution in [0.1, 0.15) is 19.8 Å². The Bertz CT molecular complexity index is 428. The Hall–Kier alpha value is -1.23. The number of nitrogens with zero attached hydrogens (tertiary/aromatic N) is 2. The van der Waals surface area contributed by atoms with Crippen molar-refractivity contribution in [2.45, 2.75) is 19.8 Å². The quantitative estimate of drug-likeness (QED) is 0.786. The van der Waals surface area contributed by atoms with E-state index in [-0.39, 0.29) is 6.09 Å². The number of halogens is 1. The van der Waals surface area contributed by atoms with Crippen molar-refractivity contribution in [1.29, 1.82) is 0 Å². The van der Waals surface area contributed by atoms with Crippen molar-refractivity contribution in [2.75, 3.05) is 37.7 Å². The molecule has 1 heterocycles. The van der Waals surface area contributed by atoms with Crippen LogP contribution in [0, 0.1) is 0 Å². The van der Waals surface area contributed by atoms with Gasteiger partial charge in [-0.1, -0.05) is 29.3 Å². The lowest BCUT2D eigenvalue weighted by Gasteiger charge is -2.35. The smallest absolute Gasteiger partial charge is 0.409 e. The zero-order valence-corrected chi connectivity index (χ0v) is 13.4. The number of hydrogen-bond acceptors (Lipinski definition) is 3. The number of piperazine rings is 1. The van der Waals surface area contributed by atoms with Gasteiger partial charge in [0, 0.05) is 36.3 Å². The highest BCUT2D eigenvalue weighted by Gasteiger charge is 2.22. The van der Waals surface area contributed by atoms with E-state index in [2.05, 4.69) is 39.9 Å². The molecule has 0 N–H and O–H groups in total. The molecule has 2 rings (SSSR count). The fourth-order valence-corrected chi connectivity index (χ4v) is 2.46. The fraction of sp³-hybridized carbons (Fsp3) is 0.533. The molecule has 0 saturated carbocycles. The Morgan fingerprint density at radius 2 is 1.85 bits per heavy atom. The first-order valence-electron chi connectivity index (χ1n) is 7.13. The fourth-order valence-electron chi connectivity index (χ4n) is 2.19. The topological polar surface area (TPSA) is 32.8 Å². The highest BCUT2D eigenvalue weighted by molar-refractivity contribution is 9.10. The maximum Gasteiger partial charge on any atom is 0.409 e. The van der Waals surface area contributed by atoms with Crippen molar-refractivity contribution in [3.8, 4) is 0 Å². The van der Waals surface area contributed by atoms with Crippen molar-refractivity contribution >= 4 is 27.7 Å². The Morgan fingerprint density at radius 3 is 2.45 bits per heavy atom. The molecule has 1 aromatic rings. The molecule has 110 valence electrons. The maximum atomic E-state index is 11.8. The molecule has 1 aliphatic rings. The second kappa shape index (κ2) is 7.53. The molecule has 5 heteroatoms. The number of carbonyl (C=O) groups excluding carboxylic acids is 1. The van der Waals surface area contributed by atoms with Gasteiger partial charge in [0.15, 0.2) is 0 Å². The van der Waals surface area contributed by atoms with Crippen LogP contribution < -0.4 is 4.90 Å². The summed E-state index contributed by atoms with van der Waals surface area (Å²) in [6, 6.07) is 8.28. The van der Waals surface area contributed by atoms with Crippen LogP contribution >= 0.6 is 15.9 Å². The maximum absolute atomic E-state index is 11.8. The van der Waals surface area contributed by atoms with Crippen molar-refractivity contribution in [3.05, 3.63) is 28.7 Å². The second-order valence-corrected chi connectivity index (χ2v) is 5.83. The molecule has 1 aliphatic heterocycles. The SMILES string of the molecule is CCCCOC(=O)N1CCN(c2ccc(Br)cc2)CC1. The number of rotatable bonds is 4. The van der Waals surface area contributed by atoms with Crippen LogP contribution in [0.3, 0.4) is 0 Å². The molecule has 0 atom stereocenters. The molecule has 4 nitrogen and oxygen atoms in total. The molecule has 0 unspecified atom stereocenters. The molecule has 0 radical (unpaired) electrons. The third-order valence-corrected chi connectivity index (χ3v) is 3.98. The molecule has 1 saturated heterocycles. The number of anilines is 1. The lowest BCUT2D eigenvalue weighted by atomic mass is 10.2. The molecule has 1 aromatic carbocycles. The van der Waals surface area contributed by atoms with Gasteiger partial charge in [-0.2, -0.15) is 0 Å². The number of unbranched alkanes of at least 4 members (excludes halogenated alkanes) is 1. The van der Waals surface area contributed by atoms with Crippen LogP contribution in [-0.2, 0) is 4.74 Å². The van der Waals surface area contributed by atoms with Crippen molar-refractivity contribution in [1.82, 2.24) is 4.90 Å². The molecule has 1 amide bonds. The summed E-state index contributed by atoms with van der Waals surface area (Å²) in [6.45, 7) is 5.77. The van der Waals surface area contributed by atoms with E-state index in [1.54, 1.807) is 4.90 Å². The predicted molar refractivity (Wildman–Crippen MR) is 84.2 cm³/mol. The summed E-state index contributed by atoms with van der Waals surface area (Å²) < 4.78 is 6.32. The van der Waals surface area contributed by atoms with E-state index in [9.17, 15) is 4.79 Å². The van der Waals surface area contributed by atoms with Crippen LogP contribution in [0.25, 0.3) is 0 Å². The molecular weight excluding hydrogens is 320 g/mol. The van der Waals surface area contributed by atoms with E-state index < -0.39 is 0 Å². The van der Waals surface area contributed by atoms with Gasteiger partial charge < -0.3 is 14.5 Å². The molecule has 0 aliphatic carbocycles. The lowest BCUT2D eigenvalue weighted by Crippen LogP contribution is -2.49. The van der Waals surface area contributed by atoms with E-state index in [0.29, 0.717) is 6.61 Å². The normalized spacial score (nSPS) is 15.3. The summed E-state index contributed by atoms with van der Waals surface area (Å²) in [5, 5.41) is 0. The van der Waals surface area contributed by atoms with Gasteiger partial charge >= 0.3 is 6.09 Å². The summed E-state index contributed by atoms with van der Waals surface area (Å²) in [4.78, 5) is 15.9. The van der Waals surface area contributed by atoms with Gasteiger partial charge in [-0.15, -0.1) is 0 Å². The van der Waals surface area contributed by atoms with Crippen LogP contribution in [-0.4, -0.2) is 43.8 Å². The number of carbonyl (C=O) groups is 1. The number of hydrogen-bond donors (Lipinski definition) is 0. The average Bonchev–Trinajstić information content (AvgIpc) is 2.48. The first-order valence-corrected chi connectivity index (χ1v) is 7.92. The predicted octanol–water partition coefficient (Wildman–Crippen LogP) is 3.51. The zero-order valence-electron chi connectivity index (χ0n) is 11.8. The zero-order chi connectivity index (χ0) is 14.4. The highest BCUT2D eigenvalue weighted by atomic mass is 79.9. The monoisotopic (exact) mass is 340 g/mol. The number of amides is 1. The van der Waals surface area contributed by atoms with Crippen LogP contribution in [0.4, 0.5) is 10.5 Å². The number of benzene rings is 1. The van der Waals surface area contributed by atoms with Gasteiger partial charge in [0.25, 0.3) is 0 Å². The summed E-state index contributed by atoms with van der Waals surface area (Å²) in [7, 11) is 0. The summed E-state index contributed by atoms with van der Waals surface area (Å²) in [5.74, 6) is 0.